The standard InChI is InChI=1S/C33H38N4O5/c1-22(2)17-27(30(39)33(3)21-42-33)37-32(41)28(18-23-11-6-4-7-12-23)35-29(38)19-26(24-13-8-5-9-14-24)36-31(40)25-15-10-16-34-20-25/h4-16,20,22,26-28H,17-19,21H2,1-3H3,(H,35,38)(H,36,40)(H,37,41)/t26?,27-,28-,33+/m0/s1. The number of nitrogens with zero attached hydrogens (tertiary/aromatic N) is 1. The molecular formula is C33H38N4O5. The summed E-state index contributed by atoms with van der Waals surface area (Å²) in [5.41, 5.74) is 1.08. The van der Waals surface area contributed by atoms with Crippen LogP contribution in [-0.4, -0.2) is 52.8 Å². The van der Waals surface area contributed by atoms with Crippen LogP contribution in [0.2, 0.25) is 0 Å². The molecule has 3 amide bonds. The normalized spacial score (nSPS) is 17.9. The van der Waals surface area contributed by atoms with Crippen LogP contribution in [0.25, 0.3) is 0 Å². The Morgan fingerprint density at radius 2 is 1.55 bits per heavy atom. The maximum Gasteiger partial charge on any atom is 0.253 e. The topological polar surface area (TPSA) is 130 Å². The largest absolute Gasteiger partial charge is 0.361 e. The van der Waals surface area contributed by atoms with Gasteiger partial charge in [0.25, 0.3) is 5.91 Å². The Hall–Kier alpha value is -4.37. The first-order valence-corrected chi connectivity index (χ1v) is 14.2. The van der Waals surface area contributed by atoms with Crippen molar-refractivity contribution < 1.29 is 23.9 Å². The molecule has 0 radical (unpaired) electrons. The number of ketones is 1. The molecule has 2 heterocycles. The van der Waals surface area contributed by atoms with Crippen molar-refractivity contribution in [1.29, 1.82) is 0 Å². The molecule has 220 valence electrons. The summed E-state index contributed by atoms with van der Waals surface area (Å²) in [6.07, 6.45) is 3.61. The number of carbonyl (C=O) groups is 4. The van der Waals surface area contributed by atoms with Gasteiger partial charge in [0, 0.05) is 18.8 Å². The van der Waals surface area contributed by atoms with Gasteiger partial charge in [-0.3, -0.25) is 24.2 Å². The van der Waals surface area contributed by atoms with Crippen molar-refractivity contribution in [2.24, 2.45) is 5.92 Å². The molecule has 1 fully saturated rings. The minimum atomic E-state index is -0.944. The summed E-state index contributed by atoms with van der Waals surface area (Å²) < 4.78 is 5.36. The Bertz CT molecular complexity index is 1360. The minimum Gasteiger partial charge on any atom is -0.361 e. The van der Waals surface area contributed by atoms with Crippen LogP contribution in [0.3, 0.4) is 0 Å². The monoisotopic (exact) mass is 570 g/mol. The zero-order valence-electron chi connectivity index (χ0n) is 24.2. The number of epoxide rings is 1. The number of ether oxygens (including phenoxy) is 1. The maximum absolute atomic E-state index is 13.6. The minimum absolute atomic E-state index is 0.102. The molecule has 42 heavy (non-hydrogen) atoms. The number of Topliss-reactive ketones (excluding diaryl/α,β-unsaturated/α-hetero) is 1. The SMILES string of the molecule is CC(C)C[C@H](NC(=O)[C@H](Cc1ccccc1)NC(=O)CC(NC(=O)c1cccnc1)c1ccccc1)C(=O)[C@@]1(C)CO1. The van der Waals surface area contributed by atoms with Gasteiger partial charge < -0.3 is 20.7 Å². The predicted octanol–water partition coefficient (Wildman–Crippen LogP) is 3.56. The highest BCUT2D eigenvalue weighted by atomic mass is 16.6. The zero-order chi connectivity index (χ0) is 30.1. The lowest BCUT2D eigenvalue weighted by molar-refractivity contribution is -0.133. The van der Waals surface area contributed by atoms with Crippen LogP contribution < -0.4 is 16.0 Å². The number of rotatable bonds is 14. The van der Waals surface area contributed by atoms with Crippen LogP contribution in [0.15, 0.2) is 85.2 Å². The van der Waals surface area contributed by atoms with Gasteiger partial charge in [-0.15, -0.1) is 0 Å². The number of amides is 3. The number of hydrogen-bond donors (Lipinski definition) is 3. The zero-order valence-corrected chi connectivity index (χ0v) is 24.2. The Balaban J connectivity index is 1.52. The van der Waals surface area contributed by atoms with Gasteiger partial charge in [0.1, 0.15) is 11.6 Å². The Morgan fingerprint density at radius 3 is 2.14 bits per heavy atom. The van der Waals surface area contributed by atoms with E-state index in [0.29, 0.717) is 18.6 Å². The number of carbonyl (C=O) groups excluding carboxylic acids is 4. The predicted molar refractivity (Wildman–Crippen MR) is 158 cm³/mol. The van der Waals surface area contributed by atoms with Gasteiger partial charge in [-0.25, -0.2) is 0 Å². The van der Waals surface area contributed by atoms with E-state index in [1.165, 1.54) is 6.20 Å². The molecule has 1 aliphatic rings. The second-order valence-electron chi connectivity index (χ2n) is 11.3. The van der Waals surface area contributed by atoms with E-state index in [1.54, 1.807) is 25.3 Å². The molecule has 4 atom stereocenters. The van der Waals surface area contributed by atoms with Gasteiger partial charge in [-0.2, -0.15) is 0 Å². The summed E-state index contributed by atoms with van der Waals surface area (Å²) in [5.74, 6) is -1.26. The molecule has 0 aliphatic carbocycles. The molecule has 9 heteroatoms. The number of pyridine rings is 1. The highest BCUT2D eigenvalue weighted by Gasteiger charge is 2.50. The fraction of sp³-hybridized carbons (Fsp3) is 0.364. The summed E-state index contributed by atoms with van der Waals surface area (Å²) in [6.45, 7) is 6.01. The molecule has 0 spiro atoms. The van der Waals surface area contributed by atoms with E-state index in [1.807, 2.05) is 74.5 Å². The van der Waals surface area contributed by atoms with Crippen LogP contribution in [0.4, 0.5) is 0 Å². The lowest BCUT2D eigenvalue weighted by atomic mass is 9.93. The van der Waals surface area contributed by atoms with Gasteiger partial charge in [0.05, 0.1) is 30.7 Å². The van der Waals surface area contributed by atoms with Crippen molar-refractivity contribution in [2.45, 2.75) is 63.8 Å². The molecule has 0 bridgehead atoms. The first-order chi connectivity index (χ1) is 20.1. The lowest BCUT2D eigenvalue weighted by Gasteiger charge is -2.26. The summed E-state index contributed by atoms with van der Waals surface area (Å²) in [5, 5.41) is 8.70. The first-order valence-electron chi connectivity index (χ1n) is 14.2. The highest BCUT2D eigenvalue weighted by Crippen LogP contribution is 2.29. The van der Waals surface area contributed by atoms with E-state index >= 15 is 0 Å². The molecule has 4 rings (SSSR count). The Labute approximate surface area is 246 Å². The molecule has 2 aromatic carbocycles. The molecule has 1 aliphatic heterocycles. The summed E-state index contributed by atoms with van der Waals surface area (Å²) >= 11 is 0. The molecule has 3 N–H and O–H groups in total. The molecule has 3 aromatic rings. The van der Waals surface area contributed by atoms with Gasteiger partial charge in [0.2, 0.25) is 11.8 Å². The quantitative estimate of drug-likeness (QED) is 0.254. The van der Waals surface area contributed by atoms with Crippen LogP contribution in [0, 0.1) is 5.92 Å². The number of benzene rings is 2. The van der Waals surface area contributed by atoms with Crippen molar-refractivity contribution in [2.75, 3.05) is 6.61 Å². The fourth-order valence-corrected chi connectivity index (χ4v) is 4.77. The third-order valence-corrected chi connectivity index (χ3v) is 7.19. The summed E-state index contributed by atoms with van der Waals surface area (Å²) in [4.78, 5) is 57.2. The first kappa shape index (κ1) is 30.6. The van der Waals surface area contributed by atoms with E-state index in [0.717, 1.165) is 11.1 Å². The second kappa shape index (κ2) is 14.0. The van der Waals surface area contributed by atoms with Crippen LogP contribution >= 0.6 is 0 Å². The second-order valence-corrected chi connectivity index (χ2v) is 11.3. The van der Waals surface area contributed by atoms with Crippen molar-refractivity contribution in [3.8, 4) is 0 Å². The third kappa shape index (κ3) is 8.57. The van der Waals surface area contributed by atoms with Crippen LogP contribution in [-0.2, 0) is 25.5 Å². The molecule has 1 unspecified atom stereocenters. The number of nitrogens with one attached hydrogen (secondary N) is 3. The van der Waals surface area contributed by atoms with E-state index < -0.39 is 35.5 Å². The van der Waals surface area contributed by atoms with E-state index in [4.69, 9.17) is 4.74 Å². The number of aromatic nitrogens is 1. The smallest absolute Gasteiger partial charge is 0.253 e. The van der Waals surface area contributed by atoms with Gasteiger partial charge >= 0.3 is 0 Å². The van der Waals surface area contributed by atoms with Crippen molar-refractivity contribution in [1.82, 2.24) is 20.9 Å². The van der Waals surface area contributed by atoms with Crippen molar-refractivity contribution in [3.05, 3.63) is 102 Å². The van der Waals surface area contributed by atoms with Gasteiger partial charge in [-0.05, 0) is 42.5 Å². The van der Waals surface area contributed by atoms with Crippen LogP contribution in [0.1, 0.15) is 61.1 Å². The van der Waals surface area contributed by atoms with Crippen LogP contribution in [0.5, 0.6) is 0 Å². The summed E-state index contributed by atoms with van der Waals surface area (Å²) in [7, 11) is 0. The van der Waals surface area contributed by atoms with Gasteiger partial charge in [-0.1, -0.05) is 74.5 Å². The molecule has 0 saturated carbocycles. The molecule has 1 saturated heterocycles. The van der Waals surface area contributed by atoms with Crippen molar-refractivity contribution >= 4 is 23.5 Å². The summed E-state index contributed by atoms with van der Waals surface area (Å²) in [6, 6.07) is 19.5. The average Bonchev–Trinajstić information content (AvgIpc) is 3.75. The fourth-order valence-electron chi connectivity index (χ4n) is 4.77. The maximum atomic E-state index is 13.6. The molecule has 9 nitrogen and oxygen atoms in total. The van der Waals surface area contributed by atoms with Gasteiger partial charge in [0.15, 0.2) is 5.78 Å². The van der Waals surface area contributed by atoms with E-state index in [2.05, 4.69) is 20.9 Å². The Kier molecular flexibility index (Phi) is 10.2. The Morgan fingerprint density at radius 1 is 0.881 bits per heavy atom. The number of hydrogen-bond acceptors (Lipinski definition) is 6. The van der Waals surface area contributed by atoms with Crippen molar-refractivity contribution in [3.63, 3.8) is 0 Å². The third-order valence-electron chi connectivity index (χ3n) is 7.19. The highest BCUT2D eigenvalue weighted by molar-refractivity contribution is 5.98. The molecule has 1 aromatic heterocycles. The molecular weight excluding hydrogens is 532 g/mol. The lowest BCUT2D eigenvalue weighted by Crippen LogP contribution is -2.54. The van der Waals surface area contributed by atoms with E-state index in [9.17, 15) is 19.2 Å². The average molecular weight is 571 g/mol. The van der Waals surface area contributed by atoms with E-state index in [-0.39, 0.29) is 30.4 Å².